The maximum absolute atomic E-state index is 5.15. The number of fused-ring (bicyclic) bond motifs is 10. The molecule has 10 nitrogen and oxygen atoms in total. The van der Waals surface area contributed by atoms with Crippen LogP contribution in [-0.4, -0.2) is 47.4 Å². The molecule has 0 aliphatic carbocycles. The fourth-order valence-corrected chi connectivity index (χ4v) is 14.4. The second-order valence-electron chi connectivity index (χ2n) is 24.5. The Labute approximate surface area is 583 Å². The molecule has 0 N–H and O–H groups in total. The molecular formula is C88H54N10S2. The predicted octanol–water partition coefficient (Wildman–Crippen LogP) is 22.7. The van der Waals surface area contributed by atoms with Gasteiger partial charge in [-0.1, -0.05) is 267 Å². The first-order chi connectivity index (χ1) is 49.5. The Morgan fingerprint density at radius 3 is 0.920 bits per heavy atom. The third kappa shape index (κ3) is 11.4. The van der Waals surface area contributed by atoms with Crippen LogP contribution in [0.5, 0.6) is 0 Å². The summed E-state index contributed by atoms with van der Waals surface area (Å²) >= 11 is 2.49. The van der Waals surface area contributed by atoms with Crippen LogP contribution in [0, 0.1) is 0 Å². The minimum atomic E-state index is 0.691. The summed E-state index contributed by atoms with van der Waals surface area (Å²) in [4.78, 5) is 30.4. The van der Waals surface area contributed by atoms with Gasteiger partial charge in [0.15, 0.2) is 11.6 Å². The summed E-state index contributed by atoms with van der Waals surface area (Å²) in [5.41, 5.74) is 26.0. The predicted molar refractivity (Wildman–Crippen MR) is 411 cm³/mol. The van der Waals surface area contributed by atoms with E-state index in [0.29, 0.717) is 11.6 Å². The molecule has 13 aromatic carbocycles. The summed E-state index contributed by atoms with van der Waals surface area (Å²) < 4.78 is 18.3. The molecule has 6 aromatic heterocycles. The molecule has 0 unspecified atom stereocenters. The van der Waals surface area contributed by atoms with Gasteiger partial charge in [0.05, 0.1) is 68.7 Å². The van der Waals surface area contributed by atoms with Gasteiger partial charge in [-0.25, -0.2) is 29.9 Å². The average Bonchev–Trinajstić information content (AvgIpc) is 1.23. The average molecular weight is 1320 g/mol. The highest BCUT2D eigenvalue weighted by Crippen LogP contribution is 2.41. The van der Waals surface area contributed by atoms with E-state index < -0.39 is 0 Å². The first kappa shape index (κ1) is 59.5. The van der Waals surface area contributed by atoms with Gasteiger partial charge >= 0.3 is 0 Å². The molecular weight excluding hydrogens is 1260 g/mol. The molecule has 0 spiro atoms. The summed E-state index contributed by atoms with van der Waals surface area (Å²) in [6.07, 6.45) is 0. The van der Waals surface area contributed by atoms with Crippen LogP contribution in [-0.2, 0) is 0 Å². The smallest absolute Gasteiger partial charge is 0.160 e. The van der Waals surface area contributed by atoms with E-state index in [1.54, 1.807) is 0 Å². The monoisotopic (exact) mass is 1310 g/mol. The number of nitrogens with zero attached hydrogens (tertiary/aromatic N) is 10. The summed E-state index contributed by atoms with van der Waals surface area (Å²) in [5, 5.41) is 6.52. The normalized spacial score (nSPS) is 11.4. The minimum absolute atomic E-state index is 0.691. The Hall–Kier alpha value is -13.0. The van der Waals surface area contributed by atoms with Crippen LogP contribution in [0.3, 0.4) is 0 Å². The van der Waals surface area contributed by atoms with Crippen LogP contribution in [0.1, 0.15) is 0 Å². The van der Waals surface area contributed by atoms with Crippen LogP contribution >= 0.6 is 23.5 Å². The molecule has 0 fully saturated rings. The van der Waals surface area contributed by atoms with Crippen molar-refractivity contribution in [2.24, 2.45) is 0 Å². The molecule has 0 bridgehead atoms. The first-order valence-electron chi connectivity index (χ1n) is 32.9. The molecule has 6 heterocycles. The maximum atomic E-state index is 5.15. The van der Waals surface area contributed by atoms with Gasteiger partial charge in [0, 0.05) is 76.8 Å². The Balaban J connectivity index is 0.000000145. The molecule has 100 heavy (non-hydrogen) atoms. The van der Waals surface area contributed by atoms with Crippen molar-refractivity contribution >= 4 is 88.9 Å². The van der Waals surface area contributed by atoms with Crippen LogP contribution in [0.4, 0.5) is 0 Å². The zero-order valence-corrected chi connectivity index (χ0v) is 55.1. The van der Waals surface area contributed by atoms with E-state index in [4.69, 9.17) is 29.9 Å². The van der Waals surface area contributed by atoms with Gasteiger partial charge < -0.3 is 0 Å². The molecule has 0 saturated carbocycles. The number of para-hydroxylation sites is 2. The van der Waals surface area contributed by atoms with Crippen molar-refractivity contribution in [2.45, 2.75) is 0 Å². The number of hydrogen-bond donors (Lipinski definition) is 0. The van der Waals surface area contributed by atoms with Crippen molar-refractivity contribution in [3.8, 4) is 124 Å². The lowest BCUT2D eigenvalue weighted by Gasteiger charge is -2.12. The molecule has 0 aliphatic heterocycles. The van der Waals surface area contributed by atoms with Crippen molar-refractivity contribution in [1.29, 1.82) is 0 Å². The van der Waals surface area contributed by atoms with Gasteiger partial charge in [-0.3, -0.25) is 0 Å². The summed E-state index contributed by atoms with van der Waals surface area (Å²) in [7, 11) is 0. The second-order valence-corrected chi connectivity index (χ2v) is 25.5. The topological polar surface area (TPSA) is 129 Å². The van der Waals surface area contributed by atoms with Crippen LogP contribution < -0.4 is 0 Å². The Morgan fingerprint density at radius 1 is 0.180 bits per heavy atom. The van der Waals surface area contributed by atoms with Gasteiger partial charge in [0.2, 0.25) is 0 Å². The van der Waals surface area contributed by atoms with E-state index in [1.165, 1.54) is 29.0 Å². The Bertz CT molecular complexity index is 6190. The van der Waals surface area contributed by atoms with Gasteiger partial charge in [0.25, 0.3) is 0 Å². The SMILES string of the molecule is c1ccc(-c2cc(-c3cccc(-c4ccc(-c5nc6ccccc6c6c5ccc5nsnc56)cc4)c3)nc(-c3ccccc3)n2)cc1.c1ccc(-c2ccc(-c3nc(-c4ccccc4)cc(-c4cccc(-c5ccc(-c6nc7ccccc7c7c6ccc6nsnc67)cc5)c4)n3)cc2)cc1. The number of aromatic nitrogens is 10. The van der Waals surface area contributed by atoms with Gasteiger partial charge in [-0.15, -0.1) is 0 Å². The molecule has 0 atom stereocenters. The molecule has 0 saturated heterocycles. The number of rotatable bonds is 11. The van der Waals surface area contributed by atoms with E-state index in [9.17, 15) is 0 Å². The van der Waals surface area contributed by atoms with E-state index in [2.05, 4.69) is 260 Å². The van der Waals surface area contributed by atoms with Crippen LogP contribution in [0.15, 0.2) is 328 Å². The molecule has 0 radical (unpaired) electrons. The van der Waals surface area contributed by atoms with Crippen molar-refractivity contribution in [1.82, 2.24) is 47.4 Å². The number of benzene rings is 13. The van der Waals surface area contributed by atoms with E-state index in [1.807, 2.05) is 84.9 Å². The van der Waals surface area contributed by atoms with Gasteiger partial charge in [0.1, 0.15) is 22.1 Å². The zero-order valence-electron chi connectivity index (χ0n) is 53.5. The van der Waals surface area contributed by atoms with Gasteiger partial charge in [-0.05, 0) is 94.0 Å². The van der Waals surface area contributed by atoms with Crippen molar-refractivity contribution in [3.05, 3.63) is 328 Å². The van der Waals surface area contributed by atoms with Crippen LogP contribution in [0.2, 0.25) is 0 Å². The molecule has 19 rings (SSSR count). The van der Waals surface area contributed by atoms with Gasteiger partial charge in [-0.2, -0.15) is 17.5 Å². The molecule has 12 heteroatoms. The molecule has 19 aromatic rings. The summed E-state index contributed by atoms with van der Waals surface area (Å²) in [6, 6.07) is 113. The Morgan fingerprint density at radius 2 is 0.490 bits per heavy atom. The largest absolute Gasteiger partial charge is 0.247 e. The third-order valence-corrected chi connectivity index (χ3v) is 19.4. The Kier molecular flexibility index (Phi) is 15.4. The minimum Gasteiger partial charge on any atom is -0.247 e. The van der Waals surface area contributed by atoms with E-state index in [-0.39, 0.29) is 0 Å². The fourth-order valence-electron chi connectivity index (χ4n) is 13.4. The first-order valence-corrected chi connectivity index (χ1v) is 34.4. The van der Waals surface area contributed by atoms with Crippen molar-refractivity contribution in [2.75, 3.05) is 0 Å². The maximum Gasteiger partial charge on any atom is 0.160 e. The molecule has 0 amide bonds. The number of hydrogen-bond acceptors (Lipinski definition) is 12. The fraction of sp³-hybridized carbons (Fsp3) is 0. The standard InChI is InChI=1S/C47H29N5S.C41H25N5S/c1-3-10-30(11-4-1)31-20-24-35(25-21-31)47-49-42(33-12-5-2-6-13-33)29-43(50-47)37-15-9-14-36(28-37)32-18-22-34(23-19-32)45-39-26-27-41-46(52-53-51-41)44(39)38-16-7-8-17-40(38)48-45;1-3-10-27(11-4-1)36-25-37(44-41(43-36)29-12-5-2-6-13-29)31-15-9-14-30(24-31)26-18-20-28(21-19-26)39-33-22-23-35-40(46-47-45-35)38(33)32-16-7-8-17-34(32)42-39/h1-29H;1-25H. The summed E-state index contributed by atoms with van der Waals surface area (Å²) in [5.74, 6) is 1.40. The second kappa shape index (κ2) is 25.9. The van der Waals surface area contributed by atoms with E-state index in [0.717, 1.165) is 172 Å². The number of pyridine rings is 2. The highest BCUT2D eigenvalue weighted by molar-refractivity contribution is 7.00. The zero-order chi connectivity index (χ0) is 66.3. The lowest BCUT2D eigenvalue weighted by Crippen LogP contribution is -1.96. The highest BCUT2D eigenvalue weighted by atomic mass is 32.1. The molecule has 468 valence electrons. The highest BCUT2D eigenvalue weighted by Gasteiger charge is 2.20. The third-order valence-electron chi connectivity index (χ3n) is 18.4. The van der Waals surface area contributed by atoms with Crippen LogP contribution in [0.25, 0.3) is 189 Å². The quantitative estimate of drug-likeness (QED) is 0.115. The molecule has 0 aliphatic rings. The van der Waals surface area contributed by atoms with E-state index >= 15 is 0 Å². The lowest BCUT2D eigenvalue weighted by atomic mass is 9.96. The lowest BCUT2D eigenvalue weighted by molar-refractivity contribution is 1.18. The van der Waals surface area contributed by atoms with Crippen molar-refractivity contribution in [3.63, 3.8) is 0 Å². The summed E-state index contributed by atoms with van der Waals surface area (Å²) in [6.45, 7) is 0. The van der Waals surface area contributed by atoms with Crippen molar-refractivity contribution < 1.29 is 0 Å².